The number of nitrogen functional groups attached to an aromatic ring is 1. The Bertz CT molecular complexity index is 758. The molecule has 0 unspecified atom stereocenters. The van der Waals surface area contributed by atoms with Crippen LogP contribution in [0.2, 0.25) is 5.02 Å². The highest BCUT2D eigenvalue weighted by Gasteiger charge is 2.22. The predicted octanol–water partition coefficient (Wildman–Crippen LogP) is 3.91. The molecule has 0 saturated carbocycles. The van der Waals surface area contributed by atoms with E-state index in [1.54, 1.807) is 43.5 Å². The number of halogens is 1. The van der Waals surface area contributed by atoms with Crippen LogP contribution >= 0.6 is 11.6 Å². The van der Waals surface area contributed by atoms with Gasteiger partial charge in [-0.05, 0) is 49.2 Å². The number of anilines is 3. The molecule has 0 aliphatic carbocycles. The van der Waals surface area contributed by atoms with Gasteiger partial charge in [0.05, 0.1) is 24.0 Å². The average Bonchev–Trinajstić information content (AvgIpc) is 3.10. The molecule has 1 heterocycles. The Morgan fingerprint density at radius 1 is 1.17 bits per heavy atom. The van der Waals surface area contributed by atoms with E-state index in [4.69, 9.17) is 22.1 Å². The standard InChI is InChI=1S/C18H20ClN3O2/c1-24-17-7-4-12(19)10-16(17)21-15-6-5-13(20)11-14(15)18(23)22-8-2-3-9-22/h4-7,10-11,21H,2-3,8-9,20H2,1H3. The quantitative estimate of drug-likeness (QED) is 0.824. The number of likely N-dealkylation sites (tertiary alicyclic amines) is 1. The van der Waals surface area contributed by atoms with Gasteiger partial charge in [0.15, 0.2) is 0 Å². The molecule has 0 bridgehead atoms. The summed E-state index contributed by atoms with van der Waals surface area (Å²) < 4.78 is 5.36. The first-order valence-electron chi connectivity index (χ1n) is 7.88. The SMILES string of the molecule is COc1ccc(Cl)cc1Nc1ccc(N)cc1C(=O)N1CCCC1. The Morgan fingerprint density at radius 2 is 1.92 bits per heavy atom. The maximum atomic E-state index is 12.8. The molecule has 0 spiro atoms. The van der Waals surface area contributed by atoms with Crippen LogP contribution in [-0.2, 0) is 0 Å². The predicted molar refractivity (Wildman–Crippen MR) is 97.3 cm³/mol. The summed E-state index contributed by atoms with van der Waals surface area (Å²) in [5.74, 6) is 0.638. The minimum absolute atomic E-state index is 0.0108. The topological polar surface area (TPSA) is 67.6 Å². The fraction of sp³-hybridized carbons (Fsp3) is 0.278. The number of rotatable bonds is 4. The van der Waals surface area contributed by atoms with Gasteiger partial charge < -0.3 is 20.7 Å². The molecule has 5 nitrogen and oxygen atoms in total. The van der Waals surface area contributed by atoms with Gasteiger partial charge in [-0.2, -0.15) is 0 Å². The second-order valence-electron chi connectivity index (χ2n) is 5.77. The summed E-state index contributed by atoms with van der Waals surface area (Å²) in [6.45, 7) is 1.57. The molecule has 1 aliphatic heterocycles. The summed E-state index contributed by atoms with van der Waals surface area (Å²) in [6, 6.07) is 10.6. The highest BCUT2D eigenvalue weighted by atomic mass is 35.5. The molecule has 1 fully saturated rings. The first-order chi connectivity index (χ1) is 11.6. The zero-order valence-corrected chi connectivity index (χ0v) is 14.3. The molecule has 1 saturated heterocycles. The van der Waals surface area contributed by atoms with Crippen LogP contribution < -0.4 is 15.8 Å². The van der Waals surface area contributed by atoms with Gasteiger partial charge in [0, 0.05) is 23.8 Å². The smallest absolute Gasteiger partial charge is 0.256 e. The lowest BCUT2D eigenvalue weighted by molar-refractivity contribution is 0.0794. The average molecular weight is 346 g/mol. The maximum absolute atomic E-state index is 12.8. The summed E-state index contributed by atoms with van der Waals surface area (Å²) in [5.41, 5.74) is 8.39. The van der Waals surface area contributed by atoms with Gasteiger partial charge in [0.1, 0.15) is 5.75 Å². The number of nitrogens with zero attached hydrogens (tertiary/aromatic N) is 1. The van der Waals surface area contributed by atoms with Gasteiger partial charge in [-0.3, -0.25) is 4.79 Å². The number of carbonyl (C=O) groups is 1. The van der Waals surface area contributed by atoms with E-state index in [2.05, 4.69) is 5.32 Å². The molecule has 3 rings (SSSR count). The van der Waals surface area contributed by atoms with Crippen molar-refractivity contribution in [3.8, 4) is 5.75 Å². The van der Waals surface area contributed by atoms with E-state index in [0.717, 1.165) is 25.9 Å². The third kappa shape index (κ3) is 3.41. The second kappa shape index (κ2) is 7.01. The van der Waals surface area contributed by atoms with Crippen molar-refractivity contribution >= 4 is 34.6 Å². The lowest BCUT2D eigenvalue weighted by Crippen LogP contribution is -2.28. The molecule has 0 radical (unpaired) electrons. The number of benzene rings is 2. The van der Waals surface area contributed by atoms with E-state index >= 15 is 0 Å². The Kier molecular flexibility index (Phi) is 4.81. The van der Waals surface area contributed by atoms with E-state index in [-0.39, 0.29) is 5.91 Å². The summed E-state index contributed by atoms with van der Waals surface area (Å²) >= 11 is 6.08. The van der Waals surface area contributed by atoms with Crippen molar-refractivity contribution in [3.05, 3.63) is 47.0 Å². The number of carbonyl (C=O) groups excluding carboxylic acids is 1. The van der Waals surface area contributed by atoms with Crippen LogP contribution in [0.3, 0.4) is 0 Å². The summed E-state index contributed by atoms with van der Waals surface area (Å²) in [5, 5.41) is 3.84. The van der Waals surface area contributed by atoms with Crippen molar-refractivity contribution in [2.45, 2.75) is 12.8 Å². The van der Waals surface area contributed by atoms with Crippen molar-refractivity contribution in [2.24, 2.45) is 0 Å². The van der Waals surface area contributed by atoms with Gasteiger partial charge >= 0.3 is 0 Å². The van der Waals surface area contributed by atoms with Crippen molar-refractivity contribution < 1.29 is 9.53 Å². The van der Waals surface area contributed by atoms with Crippen LogP contribution in [0, 0.1) is 0 Å². The minimum atomic E-state index is -0.0108. The Labute approximate surface area is 146 Å². The molecule has 1 aliphatic rings. The number of methoxy groups -OCH3 is 1. The molecule has 6 heteroatoms. The molecule has 0 atom stereocenters. The lowest BCUT2D eigenvalue weighted by Gasteiger charge is -2.19. The van der Waals surface area contributed by atoms with E-state index in [1.807, 2.05) is 4.90 Å². The molecule has 126 valence electrons. The summed E-state index contributed by atoms with van der Waals surface area (Å²) in [7, 11) is 1.59. The van der Waals surface area contributed by atoms with E-state index in [1.165, 1.54) is 0 Å². The van der Waals surface area contributed by atoms with Gasteiger partial charge in [-0.15, -0.1) is 0 Å². The number of amides is 1. The number of hydrogen-bond donors (Lipinski definition) is 2. The van der Waals surface area contributed by atoms with Gasteiger partial charge in [-0.25, -0.2) is 0 Å². The zero-order valence-electron chi connectivity index (χ0n) is 13.5. The van der Waals surface area contributed by atoms with Crippen molar-refractivity contribution in [3.63, 3.8) is 0 Å². The van der Waals surface area contributed by atoms with Crippen LogP contribution in [0.1, 0.15) is 23.2 Å². The van der Waals surface area contributed by atoms with Crippen LogP contribution in [0.15, 0.2) is 36.4 Å². The number of hydrogen-bond acceptors (Lipinski definition) is 4. The van der Waals surface area contributed by atoms with Gasteiger partial charge in [-0.1, -0.05) is 11.6 Å². The lowest BCUT2D eigenvalue weighted by atomic mass is 10.1. The van der Waals surface area contributed by atoms with Crippen LogP contribution in [0.5, 0.6) is 5.75 Å². The second-order valence-corrected chi connectivity index (χ2v) is 6.21. The fourth-order valence-corrected chi connectivity index (χ4v) is 3.03. The minimum Gasteiger partial charge on any atom is -0.495 e. The van der Waals surface area contributed by atoms with Gasteiger partial charge in [0.25, 0.3) is 5.91 Å². The Balaban J connectivity index is 1.96. The first kappa shape index (κ1) is 16.5. The fourth-order valence-electron chi connectivity index (χ4n) is 2.86. The summed E-state index contributed by atoms with van der Waals surface area (Å²) in [4.78, 5) is 14.7. The van der Waals surface area contributed by atoms with Crippen LogP contribution in [-0.4, -0.2) is 31.0 Å². The maximum Gasteiger partial charge on any atom is 0.256 e. The third-order valence-corrected chi connectivity index (χ3v) is 4.33. The van der Waals surface area contributed by atoms with Crippen molar-refractivity contribution in [2.75, 3.05) is 31.2 Å². The highest BCUT2D eigenvalue weighted by Crippen LogP contribution is 2.33. The van der Waals surface area contributed by atoms with Crippen LogP contribution in [0.4, 0.5) is 17.1 Å². The normalized spacial score (nSPS) is 13.8. The first-order valence-corrected chi connectivity index (χ1v) is 8.25. The van der Waals surface area contributed by atoms with E-state index in [0.29, 0.717) is 33.4 Å². The molecule has 24 heavy (non-hydrogen) atoms. The zero-order chi connectivity index (χ0) is 17.1. The Morgan fingerprint density at radius 3 is 2.62 bits per heavy atom. The molecular weight excluding hydrogens is 326 g/mol. The molecule has 2 aromatic carbocycles. The van der Waals surface area contributed by atoms with Crippen LogP contribution in [0.25, 0.3) is 0 Å². The molecule has 1 amide bonds. The van der Waals surface area contributed by atoms with E-state index in [9.17, 15) is 4.79 Å². The largest absolute Gasteiger partial charge is 0.495 e. The van der Waals surface area contributed by atoms with Crippen molar-refractivity contribution in [1.82, 2.24) is 4.90 Å². The third-order valence-electron chi connectivity index (χ3n) is 4.10. The molecule has 3 N–H and O–H groups in total. The number of ether oxygens (including phenoxy) is 1. The monoisotopic (exact) mass is 345 g/mol. The van der Waals surface area contributed by atoms with Gasteiger partial charge in [0.2, 0.25) is 0 Å². The van der Waals surface area contributed by atoms with E-state index < -0.39 is 0 Å². The number of nitrogens with one attached hydrogen (secondary N) is 1. The molecule has 2 aromatic rings. The molecular formula is C18H20ClN3O2. The van der Waals surface area contributed by atoms with Crippen molar-refractivity contribution in [1.29, 1.82) is 0 Å². The molecule has 0 aromatic heterocycles. The Hall–Kier alpha value is -2.40. The highest BCUT2D eigenvalue weighted by molar-refractivity contribution is 6.31. The summed E-state index contributed by atoms with van der Waals surface area (Å²) in [6.07, 6.45) is 2.08. The number of nitrogens with two attached hydrogens (primary N) is 1.